The number of carboxylic acids is 1. The third-order valence-corrected chi connectivity index (χ3v) is 6.28. The molecule has 5 heteroatoms. The number of aliphatic hydroxyl groups excluding tert-OH is 2. The molecule has 0 spiro atoms. The normalized spacial score (nSPS) is 26.4. The number of unbranched alkanes of at least 4 members (excludes halogenated alkanes) is 3. The first-order valence-electron chi connectivity index (χ1n) is 10.1. The lowest BCUT2D eigenvalue weighted by Gasteiger charge is -2.25. The molecule has 1 aliphatic carbocycles. The van der Waals surface area contributed by atoms with Gasteiger partial charge in [0, 0.05) is 17.7 Å². The number of rotatable bonds is 10. The number of carbonyl (C=O) groups is 1. The van der Waals surface area contributed by atoms with Crippen molar-refractivity contribution in [2.24, 2.45) is 11.8 Å². The van der Waals surface area contributed by atoms with Crippen LogP contribution in [0.4, 0.5) is 0 Å². The van der Waals surface area contributed by atoms with E-state index in [4.69, 9.17) is 16.7 Å². The van der Waals surface area contributed by atoms with E-state index < -0.39 is 18.2 Å². The molecule has 0 heterocycles. The molecule has 0 amide bonds. The van der Waals surface area contributed by atoms with Gasteiger partial charge in [-0.15, -0.1) is 11.6 Å². The summed E-state index contributed by atoms with van der Waals surface area (Å²) in [5.41, 5.74) is 1.99. The van der Waals surface area contributed by atoms with Crippen molar-refractivity contribution in [3.8, 4) is 0 Å². The van der Waals surface area contributed by atoms with E-state index in [1.807, 2.05) is 38.1 Å². The van der Waals surface area contributed by atoms with Crippen molar-refractivity contribution in [3.63, 3.8) is 0 Å². The van der Waals surface area contributed by atoms with E-state index in [1.54, 1.807) is 0 Å². The number of hydrogen-bond acceptors (Lipinski definition) is 3. The number of benzene rings is 1. The van der Waals surface area contributed by atoms with Gasteiger partial charge < -0.3 is 15.3 Å². The zero-order valence-corrected chi connectivity index (χ0v) is 17.1. The number of alkyl halides is 1. The quantitative estimate of drug-likeness (QED) is 0.389. The van der Waals surface area contributed by atoms with Crippen molar-refractivity contribution in [2.45, 2.75) is 82.3 Å². The van der Waals surface area contributed by atoms with Crippen LogP contribution in [0.2, 0.25) is 0 Å². The highest BCUT2D eigenvalue weighted by molar-refractivity contribution is 6.21. The summed E-state index contributed by atoms with van der Waals surface area (Å²) in [6, 6.07) is 7.95. The smallest absolute Gasteiger partial charge is 0.303 e. The molecule has 1 saturated carbocycles. The fourth-order valence-electron chi connectivity index (χ4n) is 4.20. The lowest BCUT2D eigenvalue weighted by Crippen LogP contribution is -2.19. The van der Waals surface area contributed by atoms with Crippen LogP contribution in [0.5, 0.6) is 0 Å². The Balaban J connectivity index is 1.95. The second-order valence-corrected chi connectivity index (χ2v) is 8.77. The van der Waals surface area contributed by atoms with E-state index in [0.717, 1.165) is 43.2 Å². The zero-order valence-electron chi connectivity index (χ0n) is 16.4. The van der Waals surface area contributed by atoms with Crippen molar-refractivity contribution in [3.05, 3.63) is 35.4 Å². The monoisotopic (exact) mass is 396 g/mol. The molecule has 0 radical (unpaired) electrons. The Labute approximate surface area is 167 Å². The highest BCUT2D eigenvalue weighted by Crippen LogP contribution is 2.45. The Morgan fingerprint density at radius 1 is 1.15 bits per heavy atom. The van der Waals surface area contributed by atoms with Gasteiger partial charge in [-0.2, -0.15) is 0 Å². The van der Waals surface area contributed by atoms with E-state index in [1.165, 1.54) is 0 Å². The van der Waals surface area contributed by atoms with Crippen LogP contribution in [0, 0.1) is 11.8 Å². The highest BCUT2D eigenvalue weighted by atomic mass is 35.5. The van der Waals surface area contributed by atoms with Gasteiger partial charge in [-0.3, -0.25) is 4.79 Å². The summed E-state index contributed by atoms with van der Waals surface area (Å²) < 4.78 is 0. The van der Waals surface area contributed by atoms with Crippen LogP contribution in [0.15, 0.2) is 24.3 Å². The largest absolute Gasteiger partial charge is 0.481 e. The van der Waals surface area contributed by atoms with Crippen molar-refractivity contribution >= 4 is 17.6 Å². The molecule has 1 aromatic rings. The predicted molar refractivity (Wildman–Crippen MR) is 108 cm³/mol. The first kappa shape index (κ1) is 22.2. The summed E-state index contributed by atoms with van der Waals surface area (Å²) in [7, 11) is 0. The molecular weight excluding hydrogens is 364 g/mol. The van der Waals surface area contributed by atoms with Gasteiger partial charge in [0.05, 0.1) is 12.2 Å². The van der Waals surface area contributed by atoms with Gasteiger partial charge in [-0.1, -0.05) is 57.4 Å². The zero-order chi connectivity index (χ0) is 20.0. The predicted octanol–water partition coefficient (Wildman–Crippen LogP) is 4.87. The fraction of sp³-hybridized carbons (Fsp3) is 0.682. The van der Waals surface area contributed by atoms with Gasteiger partial charge >= 0.3 is 5.97 Å². The Hall–Kier alpha value is -1.10. The summed E-state index contributed by atoms with van der Waals surface area (Å²) in [6.45, 7) is 3.98. The highest BCUT2D eigenvalue weighted by Gasteiger charge is 2.41. The van der Waals surface area contributed by atoms with Crippen LogP contribution in [0.1, 0.15) is 81.9 Å². The summed E-state index contributed by atoms with van der Waals surface area (Å²) in [5, 5.41) is 29.4. The molecule has 0 bridgehead atoms. The molecule has 0 aromatic heterocycles. The second-order valence-electron chi connectivity index (χ2n) is 8.21. The van der Waals surface area contributed by atoms with Crippen LogP contribution >= 0.6 is 11.6 Å². The molecule has 2 rings (SSSR count). The number of aliphatic hydroxyl groups is 2. The van der Waals surface area contributed by atoms with Crippen LogP contribution < -0.4 is 0 Å². The maximum atomic E-state index is 10.6. The lowest BCUT2D eigenvalue weighted by atomic mass is 9.83. The van der Waals surface area contributed by atoms with E-state index >= 15 is 0 Å². The summed E-state index contributed by atoms with van der Waals surface area (Å²) in [5.74, 6) is -0.325. The van der Waals surface area contributed by atoms with E-state index in [2.05, 4.69) is 0 Å². The van der Waals surface area contributed by atoms with Gasteiger partial charge in [-0.05, 0) is 42.2 Å². The molecule has 1 aliphatic rings. The molecule has 1 fully saturated rings. The molecule has 152 valence electrons. The van der Waals surface area contributed by atoms with Crippen LogP contribution in [-0.2, 0) is 4.79 Å². The summed E-state index contributed by atoms with van der Waals surface area (Å²) >= 11 is 6.54. The van der Waals surface area contributed by atoms with Gasteiger partial charge in [0.15, 0.2) is 0 Å². The Bertz CT molecular complexity index is 586. The molecule has 0 aliphatic heterocycles. The van der Waals surface area contributed by atoms with E-state index in [-0.39, 0.29) is 29.6 Å². The molecule has 5 atom stereocenters. The average Bonchev–Trinajstić information content (AvgIpc) is 2.90. The molecular formula is C22H33ClO4. The van der Waals surface area contributed by atoms with Crippen LogP contribution in [0.3, 0.4) is 0 Å². The number of carboxylic acid groups (broad SMARTS) is 1. The van der Waals surface area contributed by atoms with Gasteiger partial charge in [0.2, 0.25) is 0 Å². The van der Waals surface area contributed by atoms with Crippen molar-refractivity contribution in [1.29, 1.82) is 0 Å². The minimum Gasteiger partial charge on any atom is -0.481 e. The van der Waals surface area contributed by atoms with Crippen molar-refractivity contribution in [2.75, 3.05) is 0 Å². The molecule has 3 N–H and O–H groups in total. The first-order valence-corrected chi connectivity index (χ1v) is 10.6. The summed E-state index contributed by atoms with van der Waals surface area (Å²) in [4.78, 5) is 10.6. The molecule has 1 aromatic carbocycles. The molecule has 27 heavy (non-hydrogen) atoms. The third-order valence-electron chi connectivity index (χ3n) is 5.78. The third kappa shape index (κ3) is 6.20. The lowest BCUT2D eigenvalue weighted by molar-refractivity contribution is -0.137. The SMILES string of the molecule is CC(C)C(O)c1ccc(C2C(O)CC(Cl)C2CCCCCCC(=O)O)cc1. The van der Waals surface area contributed by atoms with Gasteiger partial charge in [0.25, 0.3) is 0 Å². The Kier molecular flexibility index (Phi) is 8.59. The molecule has 0 saturated heterocycles. The van der Waals surface area contributed by atoms with Crippen molar-refractivity contribution in [1.82, 2.24) is 0 Å². The molecule has 5 unspecified atom stereocenters. The topological polar surface area (TPSA) is 77.8 Å². The number of aliphatic carboxylic acids is 1. The standard InChI is InChI=1S/C22H33ClO4/c1-14(2)22(27)16-11-9-15(10-12-16)21-17(18(23)13-19(21)24)7-5-3-4-6-8-20(25)26/h9-12,14,17-19,21-22,24,27H,3-8,13H2,1-2H3,(H,25,26). The van der Waals surface area contributed by atoms with Crippen LogP contribution in [0.25, 0.3) is 0 Å². The van der Waals surface area contributed by atoms with Crippen LogP contribution in [-0.4, -0.2) is 32.8 Å². The van der Waals surface area contributed by atoms with E-state index in [9.17, 15) is 15.0 Å². The Morgan fingerprint density at radius 2 is 1.78 bits per heavy atom. The van der Waals surface area contributed by atoms with E-state index in [0.29, 0.717) is 6.42 Å². The minimum atomic E-state index is -0.735. The first-order chi connectivity index (χ1) is 12.8. The maximum absolute atomic E-state index is 10.6. The molecule has 4 nitrogen and oxygen atoms in total. The maximum Gasteiger partial charge on any atom is 0.303 e. The van der Waals surface area contributed by atoms with Gasteiger partial charge in [0.1, 0.15) is 0 Å². The van der Waals surface area contributed by atoms with Gasteiger partial charge in [-0.25, -0.2) is 0 Å². The second kappa shape index (κ2) is 10.4. The fourth-order valence-corrected chi connectivity index (χ4v) is 4.67. The minimum absolute atomic E-state index is 0.0248. The average molecular weight is 397 g/mol. The number of hydrogen-bond donors (Lipinski definition) is 3. The van der Waals surface area contributed by atoms with Crippen molar-refractivity contribution < 1.29 is 20.1 Å². The summed E-state index contributed by atoms with van der Waals surface area (Å²) in [6.07, 6.45) is 4.50. The Morgan fingerprint density at radius 3 is 2.37 bits per heavy atom. The number of halogens is 1.